The van der Waals surface area contributed by atoms with Gasteiger partial charge in [-0.2, -0.15) is 0 Å². The fraction of sp³-hybridized carbons (Fsp3) is 0.448. The lowest BCUT2D eigenvalue weighted by Gasteiger charge is -2.43. The van der Waals surface area contributed by atoms with Crippen molar-refractivity contribution in [2.45, 2.75) is 45.1 Å². The first-order chi connectivity index (χ1) is 17.9. The maximum absolute atomic E-state index is 13.9. The van der Waals surface area contributed by atoms with Crippen molar-refractivity contribution in [1.82, 2.24) is 9.80 Å². The number of ether oxygens (including phenoxy) is 2. The lowest BCUT2D eigenvalue weighted by Crippen LogP contribution is -2.62. The van der Waals surface area contributed by atoms with Gasteiger partial charge in [-0.1, -0.05) is 18.2 Å². The number of carbonyl (C=O) groups is 2. The van der Waals surface area contributed by atoms with Gasteiger partial charge in [-0.25, -0.2) is 4.39 Å². The summed E-state index contributed by atoms with van der Waals surface area (Å²) in [6.45, 7) is 5.76. The fourth-order valence-electron chi connectivity index (χ4n) is 5.42. The second kappa shape index (κ2) is 10.5. The lowest BCUT2D eigenvalue weighted by molar-refractivity contribution is -0.170. The maximum Gasteiger partial charge on any atom is 0.290 e. The number of halogens is 1. The molecule has 0 radical (unpaired) electrons. The predicted octanol–water partition coefficient (Wildman–Crippen LogP) is 4.75. The van der Waals surface area contributed by atoms with E-state index in [-0.39, 0.29) is 36.5 Å². The quantitative estimate of drug-likeness (QED) is 0.500. The molecule has 3 heterocycles. The molecule has 0 bridgehead atoms. The number of benzene rings is 2. The van der Waals surface area contributed by atoms with Gasteiger partial charge in [0, 0.05) is 24.0 Å². The number of aryl methyl sites for hydroxylation is 2. The van der Waals surface area contributed by atoms with E-state index in [2.05, 4.69) is 6.07 Å². The molecule has 37 heavy (non-hydrogen) atoms. The Morgan fingerprint density at radius 2 is 1.95 bits per heavy atom. The van der Waals surface area contributed by atoms with Crippen molar-refractivity contribution in [3.05, 3.63) is 65.2 Å². The molecule has 1 atom stereocenters. The van der Waals surface area contributed by atoms with Crippen molar-refractivity contribution in [1.29, 1.82) is 0 Å². The minimum Gasteiger partial charge on any atom is -0.491 e. The number of nitrogens with zero attached hydrogens (tertiary/aromatic N) is 2. The minimum atomic E-state index is -1.13. The van der Waals surface area contributed by atoms with Crippen LogP contribution in [0.4, 0.5) is 4.39 Å². The SMILES string of the molecule is CCN1CCOc2ccccc2CCCCC2(CN(C(=O)c3oc4ccc(F)cc4c3C)CCO2)C1=O. The summed E-state index contributed by atoms with van der Waals surface area (Å²) in [6.07, 6.45) is 2.99. The molecular formula is C29H33FN2O5. The predicted molar refractivity (Wildman–Crippen MR) is 137 cm³/mol. The zero-order valence-electron chi connectivity index (χ0n) is 21.4. The largest absolute Gasteiger partial charge is 0.491 e. The highest BCUT2D eigenvalue weighted by Gasteiger charge is 2.47. The standard InChI is InChI=1S/C29H33FN2O5/c1-3-31-14-16-35-24-10-5-4-8-21(24)9-6-7-13-29(28(31)34)19-32(15-17-36-29)27(33)26-20(2)23-18-22(30)11-12-25(23)37-26/h4-5,8,10-12,18H,3,6-7,9,13-17,19H2,1-2H3. The second-order valence-electron chi connectivity index (χ2n) is 9.81. The van der Waals surface area contributed by atoms with Crippen molar-refractivity contribution < 1.29 is 27.9 Å². The summed E-state index contributed by atoms with van der Waals surface area (Å²) in [5, 5.41) is 0.575. The number of fused-ring (bicyclic) bond motifs is 2. The molecule has 1 fully saturated rings. The van der Waals surface area contributed by atoms with Gasteiger partial charge in [-0.05, 0) is 69.4 Å². The summed E-state index contributed by atoms with van der Waals surface area (Å²) in [5.74, 6) is 0.235. The van der Waals surface area contributed by atoms with E-state index in [9.17, 15) is 14.0 Å². The Labute approximate surface area is 216 Å². The maximum atomic E-state index is 13.9. The van der Waals surface area contributed by atoms with E-state index in [1.807, 2.05) is 25.1 Å². The Balaban J connectivity index is 1.41. The number of likely N-dealkylation sites (N-methyl/N-ethyl adjacent to an activating group) is 1. The Bertz CT molecular complexity index is 1300. The highest BCUT2D eigenvalue weighted by molar-refractivity contribution is 5.99. The van der Waals surface area contributed by atoms with Gasteiger partial charge in [-0.3, -0.25) is 9.59 Å². The molecule has 3 aromatic rings. The third kappa shape index (κ3) is 4.94. The Kier molecular flexibility index (Phi) is 7.20. The zero-order valence-corrected chi connectivity index (χ0v) is 21.4. The van der Waals surface area contributed by atoms with E-state index in [0.717, 1.165) is 30.6 Å². The Morgan fingerprint density at radius 1 is 1.11 bits per heavy atom. The van der Waals surface area contributed by atoms with Gasteiger partial charge in [0.2, 0.25) is 0 Å². The fourth-order valence-corrected chi connectivity index (χ4v) is 5.42. The molecule has 8 heteroatoms. The van der Waals surface area contributed by atoms with E-state index >= 15 is 0 Å². The minimum absolute atomic E-state index is 0.117. The monoisotopic (exact) mass is 508 g/mol. The number of furan rings is 1. The molecule has 0 saturated carbocycles. The van der Waals surface area contributed by atoms with Crippen LogP contribution in [0.15, 0.2) is 46.9 Å². The molecule has 1 saturated heterocycles. The summed E-state index contributed by atoms with van der Waals surface area (Å²) < 4.78 is 31.9. The van der Waals surface area contributed by atoms with E-state index in [0.29, 0.717) is 49.2 Å². The lowest BCUT2D eigenvalue weighted by atomic mass is 9.90. The Morgan fingerprint density at radius 3 is 2.78 bits per heavy atom. The normalized spacial score (nSPS) is 21.3. The van der Waals surface area contributed by atoms with E-state index in [4.69, 9.17) is 13.9 Å². The summed E-state index contributed by atoms with van der Waals surface area (Å²) in [6, 6.07) is 12.3. The molecule has 0 aliphatic carbocycles. The molecule has 1 spiro atoms. The van der Waals surface area contributed by atoms with Crippen molar-refractivity contribution in [2.24, 2.45) is 0 Å². The van der Waals surface area contributed by atoms with Crippen LogP contribution < -0.4 is 4.74 Å². The topological polar surface area (TPSA) is 72.2 Å². The van der Waals surface area contributed by atoms with Gasteiger partial charge in [0.15, 0.2) is 11.4 Å². The van der Waals surface area contributed by atoms with Crippen LogP contribution in [0, 0.1) is 12.7 Å². The smallest absolute Gasteiger partial charge is 0.290 e. The van der Waals surface area contributed by atoms with E-state index in [1.165, 1.54) is 18.2 Å². The zero-order chi connectivity index (χ0) is 26.0. The van der Waals surface area contributed by atoms with Crippen LogP contribution in [0.3, 0.4) is 0 Å². The molecule has 2 aliphatic heterocycles. The number of amides is 2. The van der Waals surface area contributed by atoms with Crippen LogP contribution in [0.2, 0.25) is 0 Å². The van der Waals surface area contributed by atoms with Crippen LogP contribution in [0.5, 0.6) is 5.75 Å². The van der Waals surface area contributed by atoms with Gasteiger partial charge in [0.1, 0.15) is 23.8 Å². The third-order valence-corrected chi connectivity index (χ3v) is 7.49. The first kappa shape index (κ1) is 25.3. The highest BCUT2D eigenvalue weighted by atomic mass is 19.1. The number of rotatable bonds is 2. The van der Waals surface area contributed by atoms with E-state index < -0.39 is 5.60 Å². The number of hydrogen-bond donors (Lipinski definition) is 0. The molecule has 1 aromatic heterocycles. The second-order valence-corrected chi connectivity index (χ2v) is 9.81. The van der Waals surface area contributed by atoms with Gasteiger partial charge >= 0.3 is 0 Å². The van der Waals surface area contributed by atoms with Gasteiger partial charge < -0.3 is 23.7 Å². The molecule has 2 aliphatic rings. The van der Waals surface area contributed by atoms with Gasteiger partial charge in [0.25, 0.3) is 11.8 Å². The summed E-state index contributed by atoms with van der Waals surface area (Å²) >= 11 is 0. The van der Waals surface area contributed by atoms with Crippen molar-refractivity contribution >= 4 is 22.8 Å². The number of para-hydroxylation sites is 1. The van der Waals surface area contributed by atoms with Crippen LogP contribution in [0.1, 0.15) is 47.9 Å². The van der Waals surface area contributed by atoms with Crippen molar-refractivity contribution in [3.63, 3.8) is 0 Å². The van der Waals surface area contributed by atoms with E-state index in [1.54, 1.807) is 16.7 Å². The summed E-state index contributed by atoms with van der Waals surface area (Å²) in [5.41, 5.74) is 1.08. The number of carbonyl (C=O) groups excluding carboxylic acids is 2. The van der Waals surface area contributed by atoms with Gasteiger partial charge in [0.05, 0.1) is 19.7 Å². The van der Waals surface area contributed by atoms with Crippen molar-refractivity contribution in [3.8, 4) is 5.75 Å². The summed E-state index contributed by atoms with van der Waals surface area (Å²) in [4.78, 5) is 30.9. The van der Waals surface area contributed by atoms with Crippen LogP contribution in [0.25, 0.3) is 11.0 Å². The molecule has 0 N–H and O–H groups in total. The summed E-state index contributed by atoms with van der Waals surface area (Å²) in [7, 11) is 0. The van der Waals surface area contributed by atoms with Crippen LogP contribution in [-0.2, 0) is 16.0 Å². The molecular weight excluding hydrogens is 475 g/mol. The highest BCUT2D eigenvalue weighted by Crippen LogP contribution is 2.32. The van der Waals surface area contributed by atoms with Gasteiger partial charge in [-0.15, -0.1) is 0 Å². The molecule has 7 nitrogen and oxygen atoms in total. The Hall–Kier alpha value is -3.39. The van der Waals surface area contributed by atoms with Crippen molar-refractivity contribution in [2.75, 3.05) is 39.4 Å². The molecule has 5 rings (SSSR count). The first-order valence-electron chi connectivity index (χ1n) is 13.0. The van der Waals surface area contributed by atoms with Crippen LogP contribution >= 0.6 is 0 Å². The average Bonchev–Trinajstić information content (AvgIpc) is 3.24. The molecule has 196 valence electrons. The number of hydrogen-bond acceptors (Lipinski definition) is 5. The molecule has 2 aromatic carbocycles. The van der Waals surface area contributed by atoms with Crippen LogP contribution in [-0.4, -0.2) is 66.6 Å². The first-order valence-corrected chi connectivity index (χ1v) is 13.0. The molecule has 1 unspecified atom stereocenters. The third-order valence-electron chi connectivity index (χ3n) is 7.49. The average molecular weight is 509 g/mol. The number of morpholine rings is 1. The molecule has 2 amide bonds.